The first-order valence-electron chi connectivity index (χ1n) is 21.8. The maximum absolute atomic E-state index is 12.1. The molecule has 0 aliphatic rings. The van der Waals surface area contributed by atoms with Crippen molar-refractivity contribution in [3.8, 4) is 0 Å². The summed E-state index contributed by atoms with van der Waals surface area (Å²) in [6, 6.07) is 0. The number of esters is 1. The van der Waals surface area contributed by atoms with E-state index in [1.807, 2.05) is 0 Å². The maximum atomic E-state index is 12.1. The van der Waals surface area contributed by atoms with Crippen LogP contribution in [0.4, 0.5) is 0 Å². The molecule has 10 heteroatoms. The molecule has 0 saturated heterocycles. The van der Waals surface area contributed by atoms with Gasteiger partial charge in [-0.1, -0.05) is 173 Å². The zero-order valence-corrected chi connectivity index (χ0v) is 35.1. The standard InChI is InChI=1S/C43H82NO8P/c1-3-5-7-9-11-13-15-17-19-20-22-24-26-28-30-32-34-36-43(47)50-39-41(45)40-52-53(48,49)51-38-37-44-42(46)35-33-31-29-27-25-23-21-18-16-14-12-10-8-6-4-2/h12,14,18,21,41,45H,3-11,13,15-17,19-20,22-40H2,1-2H3,(H,44,46)(H,48,49)/b14-12-,21-18-. The van der Waals surface area contributed by atoms with E-state index < -0.39 is 26.5 Å². The highest BCUT2D eigenvalue weighted by Gasteiger charge is 2.23. The quantitative estimate of drug-likeness (QED) is 0.0242. The van der Waals surface area contributed by atoms with Gasteiger partial charge in [-0.2, -0.15) is 0 Å². The number of allylic oxidation sites excluding steroid dienone is 4. The van der Waals surface area contributed by atoms with Gasteiger partial charge in [-0.25, -0.2) is 4.57 Å². The molecule has 2 unspecified atom stereocenters. The van der Waals surface area contributed by atoms with E-state index in [0.29, 0.717) is 6.42 Å². The molecule has 0 aromatic heterocycles. The van der Waals surface area contributed by atoms with Crippen LogP contribution in [0.25, 0.3) is 0 Å². The summed E-state index contributed by atoms with van der Waals surface area (Å²) in [5.41, 5.74) is 0. The summed E-state index contributed by atoms with van der Waals surface area (Å²) in [6.07, 6.45) is 42.5. The molecule has 3 N–H and O–H groups in total. The van der Waals surface area contributed by atoms with Crippen LogP contribution in [-0.4, -0.2) is 54.3 Å². The fourth-order valence-electron chi connectivity index (χ4n) is 6.06. The molecule has 312 valence electrons. The van der Waals surface area contributed by atoms with Crippen molar-refractivity contribution >= 4 is 19.7 Å². The van der Waals surface area contributed by atoms with Gasteiger partial charge in [-0.3, -0.25) is 18.6 Å². The topological polar surface area (TPSA) is 131 Å². The lowest BCUT2D eigenvalue weighted by Crippen LogP contribution is -2.27. The molecule has 9 nitrogen and oxygen atoms in total. The Balaban J connectivity index is 3.59. The monoisotopic (exact) mass is 772 g/mol. The fourth-order valence-corrected chi connectivity index (χ4v) is 6.81. The van der Waals surface area contributed by atoms with Crippen molar-refractivity contribution in [2.24, 2.45) is 0 Å². The number of ether oxygens (including phenoxy) is 1. The predicted molar refractivity (Wildman–Crippen MR) is 220 cm³/mol. The summed E-state index contributed by atoms with van der Waals surface area (Å²) in [5.74, 6) is -0.524. The van der Waals surface area contributed by atoms with E-state index in [0.717, 1.165) is 64.2 Å². The summed E-state index contributed by atoms with van der Waals surface area (Å²) < 4.78 is 26.9. The summed E-state index contributed by atoms with van der Waals surface area (Å²) in [7, 11) is -4.42. The third-order valence-corrected chi connectivity index (χ3v) is 10.4. The molecule has 0 bridgehead atoms. The van der Waals surface area contributed by atoms with Gasteiger partial charge in [0.25, 0.3) is 0 Å². The number of unbranched alkanes of at least 4 members (excludes halogenated alkanes) is 24. The lowest BCUT2D eigenvalue weighted by atomic mass is 10.0. The Labute approximate surface area is 325 Å². The summed E-state index contributed by atoms with van der Waals surface area (Å²) in [6.45, 7) is 3.53. The minimum absolute atomic E-state index is 0.0760. The highest BCUT2D eigenvalue weighted by molar-refractivity contribution is 7.47. The highest BCUT2D eigenvalue weighted by atomic mass is 31.2. The van der Waals surface area contributed by atoms with Crippen molar-refractivity contribution in [1.82, 2.24) is 5.32 Å². The van der Waals surface area contributed by atoms with Crippen molar-refractivity contribution in [2.45, 2.75) is 213 Å². The first-order chi connectivity index (χ1) is 25.8. The minimum atomic E-state index is -4.42. The first-order valence-corrected chi connectivity index (χ1v) is 23.3. The normalized spacial score (nSPS) is 13.5. The van der Waals surface area contributed by atoms with E-state index in [2.05, 4.69) is 43.5 Å². The number of amides is 1. The average molecular weight is 772 g/mol. The highest BCUT2D eigenvalue weighted by Crippen LogP contribution is 2.42. The van der Waals surface area contributed by atoms with E-state index in [9.17, 15) is 24.2 Å². The molecule has 0 rings (SSSR count). The van der Waals surface area contributed by atoms with E-state index in [1.54, 1.807) is 0 Å². The summed E-state index contributed by atoms with van der Waals surface area (Å²) in [5, 5.41) is 12.7. The molecule has 0 fully saturated rings. The maximum Gasteiger partial charge on any atom is 0.472 e. The molecule has 0 aliphatic carbocycles. The molecule has 0 spiro atoms. The third-order valence-electron chi connectivity index (χ3n) is 9.38. The van der Waals surface area contributed by atoms with Crippen LogP contribution in [0.5, 0.6) is 0 Å². The van der Waals surface area contributed by atoms with Crippen LogP contribution in [0.15, 0.2) is 24.3 Å². The van der Waals surface area contributed by atoms with Crippen molar-refractivity contribution in [1.29, 1.82) is 0 Å². The molecule has 0 aromatic carbocycles. The van der Waals surface area contributed by atoms with E-state index in [-0.39, 0.29) is 32.1 Å². The fraction of sp³-hybridized carbons (Fsp3) is 0.860. The van der Waals surface area contributed by atoms with Gasteiger partial charge in [0.05, 0.1) is 13.2 Å². The molecule has 0 aromatic rings. The molecule has 0 aliphatic heterocycles. The number of hydrogen-bond donors (Lipinski definition) is 3. The van der Waals surface area contributed by atoms with Crippen LogP contribution in [-0.2, 0) is 27.9 Å². The predicted octanol–water partition coefficient (Wildman–Crippen LogP) is 12.0. The molecular formula is C43H82NO8P. The second-order valence-corrected chi connectivity index (χ2v) is 16.1. The van der Waals surface area contributed by atoms with Crippen molar-refractivity contribution in [2.75, 3.05) is 26.4 Å². The zero-order chi connectivity index (χ0) is 38.9. The van der Waals surface area contributed by atoms with Gasteiger partial charge < -0.3 is 20.1 Å². The smallest absolute Gasteiger partial charge is 0.463 e. The van der Waals surface area contributed by atoms with Crippen LogP contribution in [0.3, 0.4) is 0 Å². The van der Waals surface area contributed by atoms with E-state index >= 15 is 0 Å². The van der Waals surface area contributed by atoms with Crippen LogP contribution in [0, 0.1) is 0 Å². The number of aliphatic hydroxyl groups is 1. The number of hydrogen-bond acceptors (Lipinski definition) is 7. The minimum Gasteiger partial charge on any atom is -0.463 e. The van der Waals surface area contributed by atoms with Gasteiger partial charge in [-0.05, 0) is 44.9 Å². The van der Waals surface area contributed by atoms with Gasteiger partial charge in [0, 0.05) is 19.4 Å². The molecule has 0 heterocycles. The summed E-state index contributed by atoms with van der Waals surface area (Å²) >= 11 is 0. The number of carbonyl (C=O) groups excluding carboxylic acids is 2. The number of carbonyl (C=O) groups is 2. The molecule has 0 radical (unpaired) electrons. The van der Waals surface area contributed by atoms with E-state index in [4.69, 9.17) is 13.8 Å². The van der Waals surface area contributed by atoms with Crippen molar-refractivity contribution in [3.05, 3.63) is 24.3 Å². The Morgan fingerprint density at radius 3 is 1.55 bits per heavy atom. The Bertz CT molecular complexity index is 928. The molecular weight excluding hydrogens is 689 g/mol. The lowest BCUT2D eigenvalue weighted by molar-refractivity contribution is -0.147. The number of phosphoric ester groups is 1. The van der Waals surface area contributed by atoms with Crippen molar-refractivity contribution in [3.63, 3.8) is 0 Å². The van der Waals surface area contributed by atoms with Crippen molar-refractivity contribution < 1.29 is 37.9 Å². The molecule has 0 saturated carbocycles. The lowest BCUT2D eigenvalue weighted by Gasteiger charge is -2.15. The first kappa shape index (κ1) is 51.5. The van der Waals surface area contributed by atoms with Gasteiger partial charge in [0.15, 0.2) is 0 Å². The van der Waals surface area contributed by atoms with Gasteiger partial charge in [0.2, 0.25) is 5.91 Å². The third kappa shape index (κ3) is 41.5. The van der Waals surface area contributed by atoms with Gasteiger partial charge in [0.1, 0.15) is 12.7 Å². The number of aliphatic hydroxyl groups excluding tert-OH is 1. The number of nitrogens with one attached hydrogen (secondary N) is 1. The molecule has 53 heavy (non-hydrogen) atoms. The SMILES string of the molecule is CCCCC/C=C\C/C=C\CCCCCCCC(=O)NCCOP(=O)(O)OCC(O)COC(=O)CCCCCCCCCCCCCCCCCCC. The Kier molecular flexibility index (Phi) is 39.0. The Morgan fingerprint density at radius 2 is 1.02 bits per heavy atom. The van der Waals surface area contributed by atoms with Gasteiger partial charge in [-0.15, -0.1) is 0 Å². The second-order valence-electron chi connectivity index (χ2n) is 14.7. The zero-order valence-electron chi connectivity index (χ0n) is 34.2. The van der Waals surface area contributed by atoms with Gasteiger partial charge >= 0.3 is 13.8 Å². The average Bonchev–Trinajstić information content (AvgIpc) is 3.14. The largest absolute Gasteiger partial charge is 0.472 e. The van der Waals surface area contributed by atoms with Crippen LogP contribution < -0.4 is 5.32 Å². The molecule has 2 atom stereocenters. The number of rotatable bonds is 41. The van der Waals surface area contributed by atoms with E-state index in [1.165, 1.54) is 116 Å². The Morgan fingerprint density at radius 1 is 0.585 bits per heavy atom. The second kappa shape index (κ2) is 40.2. The van der Waals surface area contributed by atoms with Crippen LogP contribution >= 0.6 is 7.82 Å². The molecule has 1 amide bonds. The summed E-state index contributed by atoms with van der Waals surface area (Å²) in [4.78, 5) is 33.9. The number of phosphoric acid groups is 1. The van der Waals surface area contributed by atoms with Crippen LogP contribution in [0.2, 0.25) is 0 Å². The van der Waals surface area contributed by atoms with Crippen LogP contribution in [0.1, 0.15) is 206 Å². The Hall–Kier alpha value is -1.51.